The van der Waals surface area contributed by atoms with Crippen LogP contribution in [0, 0.1) is 15.5 Å². The molecule has 3 N–H and O–H groups in total. The molecular formula is C10H14N4O2. The van der Waals surface area contributed by atoms with E-state index in [1.165, 1.54) is 17.0 Å². The fraction of sp³-hybridized carbons (Fsp3) is 0.300. The first-order valence-electron chi connectivity index (χ1n) is 4.82. The van der Waals surface area contributed by atoms with Crippen LogP contribution in [0.2, 0.25) is 0 Å². The predicted molar refractivity (Wildman–Crippen MR) is 62.8 cm³/mol. The lowest BCUT2D eigenvalue weighted by atomic mass is 10.1. The molecule has 0 aliphatic heterocycles. The molecule has 6 nitrogen and oxygen atoms in total. The van der Waals surface area contributed by atoms with Gasteiger partial charge in [0, 0.05) is 24.9 Å². The highest BCUT2D eigenvalue weighted by molar-refractivity contribution is 5.92. The number of nitro benzene ring substituents is 1. The zero-order chi connectivity index (χ0) is 12.3. The summed E-state index contributed by atoms with van der Waals surface area (Å²) in [6, 6.07) is 4.53. The third kappa shape index (κ3) is 2.28. The summed E-state index contributed by atoms with van der Waals surface area (Å²) in [4.78, 5) is 11.7. The second-order valence-corrected chi connectivity index (χ2v) is 3.37. The summed E-state index contributed by atoms with van der Waals surface area (Å²) in [6.45, 7) is 1.90. The Labute approximate surface area is 93.3 Å². The van der Waals surface area contributed by atoms with Crippen LogP contribution in [0.5, 0.6) is 0 Å². The van der Waals surface area contributed by atoms with Gasteiger partial charge in [0.1, 0.15) is 0 Å². The van der Waals surface area contributed by atoms with Gasteiger partial charge in [-0.2, -0.15) is 0 Å². The van der Waals surface area contributed by atoms with Gasteiger partial charge >= 0.3 is 0 Å². The Bertz CT molecular complexity index is 431. The Morgan fingerprint density at radius 3 is 2.69 bits per heavy atom. The number of hydrogen-bond donors (Lipinski definition) is 2. The summed E-state index contributed by atoms with van der Waals surface area (Å²) in [5.41, 5.74) is 6.94. The van der Waals surface area contributed by atoms with Crippen molar-refractivity contribution in [1.29, 1.82) is 5.41 Å². The van der Waals surface area contributed by atoms with E-state index in [4.69, 9.17) is 11.1 Å². The fourth-order valence-electron chi connectivity index (χ4n) is 1.43. The third-order valence-corrected chi connectivity index (χ3v) is 2.38. The summed E-state index contributed by atoms with van der Waals surface area (Å²) in [7, 11) is 1.66. The van der Waals surface area contributed by atoms with E-state index >= 15 is 0 Å². The Morgan fingerprint density at radius 1 is 1.62 bits per heavy atom. The highest BCUT2D eigenvalue weighted by Gasteiger charge is 2.13. The van der Waals surface area contributed by atoms with Crippen molar-refractivity contribution in [2.75, 3.05) is 11.9 Å². The van der Waals surface area contributed by atoms with Crippen LogP contribution in [-0.4, -0.2) is 17.9 Å². The minimum absolute atomic E-state index is 0.0533. The van der Waals surface area contributed by atoms with E-state index in [9.17, 15) is 10.1 Å². The highest BCUT2D eigenvalue weighted by Crippen LogP contribution is 2.24. The molecule has 0 atom stereocenters. The lowest BCUT2D eigenvalue weighted by Crippen LogP contribution is -2.33. The van der Waals surface area contributed by atoms with Crippen LogP contribution in [0.15, 0.2) is 18.2 Å². The lowest BCUT2D eigenvalue weighted by molar-refractivity contribution is -0.384. The molecule has 0 radical (unpaired) electrons. The number of rotatable bonds is 3. The van der Waals surface area contributed by atoms with Gasteiger partial charge in [0.2, 0.25) is 0 Å². The van der Waals surface area contributed by atoms with Crippen molar-refractivity contribution in [3.63, 3.8) is 0 Å². The molecule has 0 aliphatic carbocycles. The fourth-order valence-corrected chi connectivity index (χ4v) is 1.43. The lowest BCUT2D eigenvalue weighted by Gasteiger charge is -2.19. The molecule has 0 saturated heterocycles. The minimum atomic E-state index is -0.434. The van der Waals surface area contributed by atoms with Gasteiger partial charge in [-0.25, -0.2) is 0 Å². The monoisotopic (exact) mass is 222 g/mol. The largest absolute Gasteiger partial charge is 0.370 e. The maximum atomic E-state index is 10.6. The zero-order valence-electron chi connectivity index (χ0n) is 9.23. The van der Waals surface area contributed by atoms with Crippen molar-refractivity contribution in [1.82, 2.24) is 0 Å². The van der Waals surface area contributed by atoms with Gasteiger partial charge < -0.3 is 10.6 Å². The Morgan fingerprint density at radius 2 is 2.25 bits per heavy atom. The van der Waals surface area contributed by atoms with Crippen molar-refractivity contribution < 1.29 is 4.92 Å². The molecule has 16 heavy (non-hydrogen) atoms. The Balaban J connectivity index is 3.21. The summed E-state index contributed by atoms with van der Waals surface area (Å²) in [5, 5.41) is 17.9. The zero-order valence-corrected chi connectivity index (χ0v) is 9.23. The van der Waals surface area contributed by atoms with E-state index in [2.05, 4.69) is 0 Å². The molecule has 86 valence electrons. The number of nitrogens with two attached hydrogens (primary N) is 1. The smallest absolute Gasteiger partial charge is 0.269 e. The highest BCUT2D eigenvalue weighted by atomic mass is 16.6. The molecule has 1 aromatic rings. The SMILES string of the molecule is CCc1cc([N+](=O)[O-])ccc1N(C)C(=N)N. The molecule has 0 unspecified atom stereocenters. The second-order valence-electron chi connectivity index (χ2n) is 3.37. The van der Waals surface area contributed by atoms with Gasteiger partial charge in [-0.1, -0.05) is 6.92 Å². The van der Waals surface area contributed by atoms with E-state index in [0.717, 1.165) is 11.3 Å². The van der Waals surface area contributed by atoms with Gasteiger partial charge in [-0.3, -0.25) is 15.5 Å². The standard InChI is InChI=1S/C10H14N4O2/c1-3-7-6-8(14(15)16)4-5-9(7)13(2)10(11)12/h4-6H,3H2,1-2H3,(H3,11,12). The van der Waals surface area contributed by atoms with Crippen molar-refractivity contribution in [3.05, 3.63) is 33.9 Å². The minimum Gasteiger partial charge on any atom is -0.370 e. The second kappa shape index (κ2) is 4.61. The van der Waals surface area contributed by atoms with Crippen LogP contribution in [0.4, 0.5) is 11.4 Å². The van der Waals surface area contributed by atoms with Crippen LogP contribution in [0.1, 0.15) is 12.5 Å². The number of nitro groups is 1. The summed E-state index contributed by atoms with van der Waals surface area (Å²) >= 11 is 0. The predicted octanol–water partition coefficient (Wildman–Crippen LogP) is 1.49. The quantitative estimate of drug-likeness (QED) is 0.350. The molecule has 6 heteroatoms. The molecular weight excluding hydrogens is 208 g/mol. The van der Waals surface area contributed by atoms with Crippen molar-refractivity contribution in [2.45, 2.75) is 13.3 Å². The molecule has 0 bridgehead atoms. The Kier molecular flexibility index (Phi) is 3.44. The molecule has 1 aromatic carbocycles. The normalized spacial score (nSPS) is 9.88. The van der Waals surface area contributed by atoms with Gasteiger partial charge in [-0.05, 0) is 18.1 Å². The maximum Gasteiger partial charge on any atom is 0.269 e. The van der Waals surface area contributed by atoms with E-state index in [-0.39, 0.29) is 11.6 Å². The molecule has 0 aromatic heterocycles. The number of anilines is 1. The van der Waals surface area contributed by atoms with Gasteiger partial charge in [0.05, 0.1) is 4.92 Å². The topological polar surface area (TPSA) is 96.2 Å². The van der Waals surface area contributed by atoms with E-state index in [1.807, 2.05) is 6.92 Å². The first kappa shape index (κ1) is 12.0. The number of hydrogen-bond acceptors (Lipinski definition) is 3. The average molecular weight is 222 g/mol. The number of guanidine groups is 1. The number of benzene rings is 1. The molecule has 0 aliphatic rings. The summed E-state index contributed by atoms with van der Waals surface area (Å²) in [5.74, 6) is -0.0939. The number of aryl methyl sites for hydroxylation is 1. The number of non-ortho nitro benzene ring substituents is 1. The molecule has 0 saturated carbocycles. The summed E-state index contributed by atoms with van der Waals surface area (Å²) in [6.07, 6.45) is 0.647. The molecule has 0 heterocycles. The van der Waals surface area contributed by atoms with Crippen LogP contribution in [0.25, 0.3) is 0 Å². The van der Waals surface area contributed by atoms with E-state index in [0.29, 0.717) is 6.42 Å². The van der Waals surface area contributed by atoms with Crippen molar-refractivity contribution in [3.8, 4) is 0 Å². The molecule has 0 fully saturated rings. The van der Waals surface area contributed by atoms with Crippen LogP contribution in [0.3, 0.4) is 0 Å². The Hall–Kier alpha value is -2.11. The molecule has 0 spiro atoms. The van der Waals surface area contributed by atoms with Gasteiger partial charge in [0.25, 0.3) is 5.69 Å². The number of nitrogens with one attached hydrogen (secondary N) is 1. The van der Waals surface area contributed by atoms with Gasteiger partial charge in [0.15, 0.2) is 5.96 Å². The van der Waals surface area contributed by atoms with Crippen molar-refractivity contribution in [2.24, 2.45) is 5.73 Å². The average Bonchev–Trinajstić information content (AvgIpc) is 2.26. The summed E-state index contributed by atoms with van der Waals surface area (Å²) < 4.78 is 0. The van der Waals surface area contributed by atoms with Crippen LogP contribution < -0.4 is 10.6 Å². The van der Waals surface area contributed by atoms with Gasteiger partial charge in [-0.15, -0.1) is 0 Å². The van der Waals surface area contributed by atoms with E-state index in [1.54, 1.807) is 13.1 Å². The number of nitrogens with zero attached hydrogens (tertiary/aromatic N) is 2. The van der Waals surface area contributed by atoms with Crippen molar-refractivity contribution >= 4 is 17.3 Å². The first-order valence-corrected chi connectivity index (χ1v) is 4.82. The van der Waals surface area contributed by atoms with Crippen LogP contribution >= 0.6 is 0 Å². The molecule has 0 amide bonds. The van der Waals surface area contributed by atoms with E-state index < -0.39 is 4.92 Å². The maximum absolute atomic E-state index is 10.6. The third-order valence-electron chi connectivity index (χ3n) is 2.38. The molecule has 1 rings (SSSR count). The first-order chi connectivity index (χ1) is 7.47. The van der Waals surface area contributed by atoms with Crippen LogP contribution in [-0.2, 0) is 6.42 Å².